The van der Waals surface area contributed by atoms with Crippen LogP contribution in [0.1, 0.15) is 15.9 Å². The molecule has 0 aromatic heterocycles. The molecule has 7 heteroatoms. The lowest BCUT2D eigenvalue weighted by atomic mass is 10.1. The number of nitrogens with zero attached hydrogens (tertiary/aromatic N) is 1. The monoisotopic (exact) mass is 289 g/mol. The van der Waals surface area contributed by atoms with Crippen LogP contribution in [0, 0.1) is 22.9 Å². The van der Waals surface area contributed by atoms with E-state index in [0.717, 1.165) is 6.07 Å². The van der Waals surface area contributed by atoms with Crippen molar-refractivity contribution in [3.05, 3.63) is 63.5 Å². The molecule has 108 valence electrons. The molecule has 1 amide bonds. The maximum Gasteiger partial charge on any atom is 0.274 e. The lowest BCUT2D eigenvalue weighted by molar-refractivity contribution is -0.385. The lowest BCUT2D eigenvalue weighted by Gasteiger charge is -2.09. The van der Waals surface area contributed by atoms with Crippen molar-refractivity contribution in [2.75, 3.05) is 11.1 Å². The van der Waals surface area contributed by atoms with Gasteiger partial charge in [0.15, 0.2) is 0 Å². The number of nitro benzene ring substituents is 1. The third-order valence-electron chi connectivity index (χ3n) is 3.01. The van der Waals surface area contributed by atoms with Crippen LogP contribution in [0.2, 0.25) is 0 Å². The third kappa shape index (κ3) is 2.97. The van der Waals surface area contributed by atoms with E-state index < -0.39 is 16.6 Å². The van der Waals surface area contributed by atoms with Crippen LogP contribution in [0.25, 0.3) is 0 Å². The van der Waals surface area contributed by atoms with Crippen molar-refractivity contribution in [1.29, 1.82) is 0 Å². The molecule has 0 spiro atoms. The van der Waals surface area contributed by atoms with Crippen LogP contribution < -0.4 is 11.1 Å². The second-order valence-electron chi connectivity index (χ2n) is 4.40. The van der Waals surface area contributed by atoms with Gasteiger partial charge in [0.1, 0.15) is 5.82 Å². The van der Waals surface area contributed by atoms with E-state index in [1.54, 1.807) is 0 Å². The van der Waals surface area contributed by atoms with Crippen LogP contribution in [-0.2, 0) is 0 Å². The molecule has 0 fully saturated rings. The fourth-order valence-electron chi connectivity index (χ4n) is 1.82. The number of hydrogen-bond acceptors (Lipinski definition) is 4. The highest BCUT2D eigenvalue weighted by Crippen LogP contribution is 2.25. The van der Waals surface area contributed by atoms with Crippen molar-refractivity contribution < 1.29 is 14.1 Å². The van der Waals surface area contributed by atoms with Crippen LogP contribution in [-0.4, -0.2) is 10.8 Å². The molecule has 3 N–H and O–H groups in total. The Balaban J connectivity index is 2.29. The fraction of sp³-hybridized carbons (Fsp3) is 0.0714. The van der Waals surface area contributed by atoms with Crippen molar-refractivity contribution in [2.45, 2.75) is 6.92 Å². The van der Waals surface area contributed by atoms with Gasteiger partial charge in [-0.1, -0.05) is 6.07 Å². The van der Waals surface area contributed by atoms with Crippen molar-refractivity contribution >= 4 is 23.0 Å². The summed E-state index contributed by atoms with van der Waals surface area (Å²) >= 11 is 0. The van der Waals surface area contributed by atoms with Gasteiger partial charge < -0.3 is 11.1 Å². The molecule has 0 heterocycles. The van der Waals surface area contributed by atoms with Gasteiger partial charge in [0.25, 0.3) is 11.6 Å². The molecule has 0 bridgehead atoms. The molecule has 0 unspecified atom stereocenters. The van der Waals surface area contributed by atoms with E-state index in [1.165, 1.54) is 37.3 Å². The molecule has 0 aliphatic carbocycles. The molecule has 0 saturated carbocycles. The van der Waals surface area contributed by atoms with E-state index in [4.69, 9.17) is 5.73 Å². The van der Waals surface area contributed by atoms with Gasteiger partial charge >= 0.3 is 0 Å². The average molecular weight is 289 g/mol. The van der Waals surface area contributed by atoms with Crippen molar-refractivity contribution in [2.24, 2.45) is 0 Å². The molecular formula is C14H12FN3O3. The summed E-state index contributed by atoms with van der Waals surface area (Å²) in [5, 5.41) is 13.4. The summed E-state index contributed by atoms with van der Waals surface area (Å²) in [6, 6.07) is 8.01. The van der Waals surface area contributed by atoms with Gasteiger partial charge in [0, 0.05) is 11.6 Å². The Morgan fingerprint density at radius 3 is 2.67 bits per heavy atom. The molecule has 0 aliphatic rings. The standard InChI is InChI=1S/C14H12FN3O3/c1-8-12(3-2-4-13(8)18(20)21)17-14(19)9-5-6-11(16)10(15)7-9/h2-7H,16H2,1H3,(H,17,19). The number of nitrogens with two attached hydrogens (primary N) is 1. The van der Waals surface area contributed by atoms with E-state index in [2.05, 4.69) is 5.32 Å². The predicted octanol–water partition coefficient (Wildman–Crippen LogP) is 2.88. The van der Waals surface area contributed by atoms with Crippen LogP contribution >= 0.6 is 0 Å². The van der Waals surface area contributed by atoms with Gasteiger partial charge in [-0.3, -0.25) is 14.9 Å². The second kappa shape index (κ2) is 5.58. The quantitative estimate of drug-likeness (QED) is 0.515. The number of benzene rings is 2. The Hall–Kier alpha value is -2.96. The van der Waals surface area contributed by atoms with E-state index >= 15 is 0 Å². The zero-order valence-corrected chi connectivity index (χ0v) is 11.1. The average Bonchev–Trinajstić information content (AvgIpc) is 2.43. The van der Waals surface area contributed by atoms with E-state index in [1.807, 2.05) is 0 Å². The summed E-state index contributed by atoms with van der Waals surface area (Å²) in [6.45, 7) is 1.53. The number of nitro groups is 1. The Kier molecular flexibility index (Phi) is 3.84. The Morgan fingerprint density at radius 1 is 1.33 bits per heavy atom. The van der Waals surface area contributed by atoms with E-state index in [9.17, 15) is 19.3 Å². The molecule has 6 nitrogen and oxygen atoms in total. The smallest absolute Gasteiger partial charge is 0.274 e. The molecule has 0 radical (unpaired) electrons. The SMILES string of the molecule is Cc1c(NC(=O)c2ccc(N)c(F)c2)cccc1[N+](=O)[O-]. The number of amides is 1. The zero-order valence-electron chi connectivity index (χ0n) is 11.1. The number of halogens is 1. The summed E-state index contributed by atoms with van der Waals surface area (Å²) in [4.78, 5) is 22.3. The zero-order chi connectivity index (χ0) is 15.6. The number of nitrogen functional groups attached to an aromatic ring is 1. The summed E-state index contributed by atoms with van der Waals surface area (Å²) in [5.74, 6) is -1.27. The van der Waals surface area contributed by atoms with Crippen LogP contribution in [0.5, 0.6) is 0 Å². The highest BCUT2D eigenvalue weighted by Gasteiger charge is 2.16. The summed E-state index contributed by atoms with van der Waals surface area (Å²) < 4.78 is 13.3. The maximum atomic E-state index is 13.3. The molecule has 0 aliphatic heterocycles. The van der Waals surface area contributed by atoms with Gasteiger partial charge in [0.05, 0.1) is 21.9 Å². The largest absolute Gasteiger partial charge is 0.396 e. The minimum atomic E-state index is -0.696. The number of carbonyl (C=O) groups excluding carboxylic acids is 1. The summed E-state index contributed by atoms with van der Waals surface area (Å²) in [7, 11) is 0. The molecule has 0 saturated heterocycles. The van der Waals surface area contributed by atoms with Gasteiger partial charge in [-0.2, -0.15) is 0 Å². The van der Waals surface area contributed by atoms with Crippen molar-refractivity contribution in [3.63, 3.8) is 0 Å². The van der Waals surface area contributed by atoms with Crippen molar-refractivity contribution in [1.82, 2.24) is 0 Å². The number of hydrogen-bond donors (Lipinski definition) is 2. The lowest BCUT2D eigenvalue weighted by Crippen LogP contribution is -2.13. The molecule has 2 aromatic carbocycles. The number of anilines is 2. The first-order valence-corrected chi connectivity index (χ1v) is 6.00. The van der Waals surface area contributed by atoms with Gasteiger partial charge in [-0.25, -0.2) is 4.39 Å². The molecular weight excluding hydrogens is 277 g/mol. The maximum absolute atomic E-state index is 13.3. The van der Waals surface area contributed by atoms with Crippen LogP contribution in [0.4, 0.5) is 21.5 Å². The third-order valence-corrected chi connectivity index (χ3v) is 3.01. The fourth-order valence-corrected chi connectivity index (χ4v) is 1.82. The number of carbonyl (C=O) groups is 1. The minimum absolute atomic E-state index is 0.0573. The molecule has 0 atom stereocenters. The summed E-state index contributed by atoms with van der Waals surface area (Å²) in [6.07, 6.45) is 0. The Bertz CT molecular complexity index is 731. The molecule has 21 heavy (non-hydrogen) atoms. The predicted molar refractivity (Wildman–Crippen MR) is 76.6 cm³/mol. The first-order valence-electron chi connectivity index (χ1n) is 6.00. The topological polar surface area (TPSA) is 98.3 Å². The molecule has 2 aromatic rings. The number of nitrogens with one attached hydrogen (secondary N) is 1. The van der Waals surface area contributed by atoms with E-state index in [0.29, 0.717) is 11.3 Å². The highest BCUT2D eigenvalue weighted by atomic mass is 19.1. The normalized spacial score (nSPS) is 10.2. The van der Waals surface area contributed by atoms with Gasteiger partial charge in [-0.15, -0.1) is 0 Å². The van der Waals surface area contributed by atoms with Crippen LogP contribution in [0.15, 0.2) is 36.4 Å². The number of rotatable bonds is 3. The van der Waals surface area contributed by atoms with Gasteiger partial charge in [0.2, 0.25) is 0 Å². The highest BCUT2D eigenvalue weighted by molar-refractivity contribution is 6.05. The van der Waals surface area contributed by atoms with Crippen LogP contribution in [0.3, 0.4) is 0 Å². The first kappa shape index (κ1) is 14.4. The molecule has 2 rings (SSSR count). The Labute approximate surface area is 119 Å². The summed E-state index contributed by atoms with van der Waals surface area (Å²) in [5.41, 5.74) is 5.88. The van der Waals surface area contributed by atoms with Crippen molar-refractivity contribution in [3.8, 4) is 0 Å². The second-order valence-corrected chi connectivity index (χ2v) is 4.40. The minimum Gasteiger partial charge on any atom is -0.396 e. The first-order chi connectivity index (χ1) is 9.90. The Morgan fingerprint density at radius 2 is 2.05 bits per heavy atom. The van der Waals surface area contributed by atoms with Gasteiger partial charge in [-0.05, 0) is 31.2 Å². The van der Waals surface area contributed by atoms with E-state index in [-0.39, 0.29) is 16.9 Å².